The van der Waals surface area contributed by atoms with Crippen molar-refractivity contribution < 1.29 is 0 Å². The summed E-state index contributed by atoms with van der Waals surface area (Å²) in [7, 11) is 0. The molecule has 1 heterocycles. The van der Waals surface area contributed by atoms with Gasteiger partial charge in [-0.25, -0.2) is 0 Å². The molecule has 0 amide bonds. The molecule has 1 N–H and O–H groups in total. The first-order valence-electron chi connectivity index (χ1n) is 7.45. The Hall–Kier alpha value is -1.02. The Kier molecular flexibility index (Phi) is 5.53. The van der Waals surface area contributed by atoms with Gasteiger partial charge in [-0.2, -0.15) is 0 Å². The van der Waals surface area contributed by atoms with Crippen molar-refractivity contribution in [1.29, 1.82) is 0 Å². The van der Waals surface area contributed by atoms with Gasteiger partial charge in [0.05, 0.1) is 0 Å². The average molecular weight is 246 g/mol. The van der Waals surface area contributed by atoms with E-state index in [2.05, 4.69) is 41.4 Å². The van der Waals surface area contributed by atoms with E-state index in [-0.39, 0.29) is 0 Å². The molecule has 1 aliphatic rings. The second-order valence-electron chi connectivity index (χ2n) is 5.21. The standard InChI is InChI=1S/C16H26N2/c1-2-3-6-15-7-9-16(10-8-15)18-13-4-11-17-12-5-14-18/h7-10,17H,2-6,11-14H2,1H3. The molecule has 0 atom stereocenters. The van der Waals surface area contributed by atoms with Gasteiger partial charge >= 0.3 is 0 Å². The maximum atomic E-state index is 3.46. The largest absolute Gasteiger partial charge is 0.371 e. The maximum Gasteiger partial charge on any atom is 0.0366 e. The first-order valence-corrected chi connectivity index (χ1v) is 7.45. The fourth-order valence-corrected chi connectivity index (χ4v) is 2.54. The Morgan fingerprint density at radius 1 is 1.06 bits per heavy atom. The third kappa shape index (κ3) is 4.02. The van der Waals surface area contributed by atoms with Crippen molar-refractivity contribution in [2.24, 2.45) is 0 Å². The molecule has 0 aromatic heterocycles. The monoisotopic (exact) mass is 246 g/mol. The first-order chi connectivity index (χ1) is 8.90. The van der Waals surface area contributed by atoms with Crippen molar-refractivity contribution in [3.05, 3.63) is 29.8 Å². The molecule has 2 rings (SSSR count). The van der Waals surface area contributed by atoms with Crippen LogP contribution in [0.5, 0.6) is 0 Å². The van der Waals surface area contributed by atoms with E-state index >= 15 is 0 Å². The van der Waals surface area contributed by atoms with E-state index in [1.807, 2.05) is 0 Å². The molecule has 0 spiro atoms. The highest BCUT2D eigenvalue weighted by Gasteiger charge is 2.08. The lowest BCUT2D eigenvalue weighted by Crippen LogP contribution is -2.33. The molecule has 0 saturated carbocycles. The predicted octanol–water partition coefficient (Wildman–Crippen LogP) is 3.22. The minimum absolute atomic E-state index is 1.16. The van der Waals surface area contributed by atoms with E-state index in [1.165, 1.54) is 56.4 Å². The van der Waals surface area contributed by atoms with E-state index in [1.54, 1.807) is 0 Å². The zero-order valence-electron chi connectivity index (χ0n) is 11.6. The number of hydrogen-bond acceptors (Lipinski definition) is 2. The lowest BCUT2D eigenvalue weighted by molar-refractivity contribution is 0.567. The summed E-state index contributed by atoms with van der Waals surface area (Å²) in [6.45, 7) is 6.93. The fraction of sp³-hybridized carbons (Fsp3) is 0.625. The van der Waals surface area contributed by atoms with Gasteiger partial charge in [-0.3, -0.25) is 0 Å². The molecule has 0 unspecified atom stereocenters. The molecule has 18 heavy (non-hydrogen) atoms. The zero-order valence-corrected chi connectivity index (χ0v) is 11.6. The Balaban J connectivity index is 1.94. The summed E-state index contributed by atoms with van der Waals surface area (Å²) in [4.78, 5) is 2.53. The molecular weight excluding hydrogens is 220 g/mol. The summed E-state index contributed by atoms with van der Waals surface area (Å²) in [5.41, 5.74) is 2.88. The molecule has 0 radical (unpaired) electrons. The van der Waals surface area contributed by atoms with Crippen molar-refractivity contribution in [2.45, 2.75) is 39.0 Å². The van der Waals surface area contributed by atoms with Crippen LogP contribution in [0.15, 0.2) is 24.3 Å². The van der Waals surface area contributed by atoms with Gasteiger partial charge in [-0.1, -0.05) is 25.5 Å². The van der Waals surface area contributed by atoms with Crippen LogP contribution >= 0.6 is 0 Å². The third-order valence-electron chi connectivity index (χ3n) is 3.68. The molecular formula is C16H26N2. The van der Waals surface area contributed by atoms with Gasteiger partial charge in [0.2, 0.25) is 0 Å². The number of benzene rings is 1. The van der Waals surface area contributed by atoms with Gasteiger partial charge in [0.1, 0.15) is 0 Å². The highest BCUT2D eigenvalue weighted by atomic mass is 15.1. The first kappa shape index (κ1) is 13.4. The lowest BCUT2D eigenvalue weighted by atomic mass is 10.1. The molecule has 1 fully saturated rings. The van der Waals surface area contributed by atoms with Crippen LogP contribution < -0.4 is 10.2 Å². The Bertz CT molecular complexity index is 323. The van der Waals surface area contributed by atoms with Crippen LogP contribution in [-0.4, -0.2) is 26.2 Å². The number of unbranched alkanes of at least 4 members (excludes halogenated alkanes) is 1. The van der Waals surface area contributed by atoms with Crippen LogP contribution in [0.3, 0.4) is 0 Å². The number of anilines is 1. The van der Waals surface area contributed by atoms with Gasteiger partial charge in [0.15, 0.2) is 0 Å². The summed E-state index contributed by atoms with van der Waals surface area (Å²) in [6.07, 6.45) is 6.30. The van der Waals surface area contributed by atoms with Crippen LogP contribution in [0.2, 0.25) is 0 Å². The molecule has 1 saturated heterocycles. The quantitative estimate of drug-likeness (QED) is 0.877. The van der Waals surface area contributed by atoms with Crippen molar-refractivity contribution in [3.63, 3.8) is 0 Å². The molecule has 2 nitrogen and oxygen atoms in total. The van der Waals surface area contributed by atoms with Gasteiger partial charge in [0, 0.05) is 18.8 Å². The number of hydrogen-bond donors (Lipinski definition) is 1. The van der Waals surface area contributed by atoms with Gasteiger partial charge in [0.25, 0.3) is 0 Å². The average Bonchev–Trinajstić information content (AvgIpc) is 2.37. The second kappa shape index (κ2) is 7.42. The minimum Gasteiger partial charge on any atom is -0.371 e. The number of nitrogens with one attached hydrogen (secondary N) is 1. The van der Waals surface area contributed by atoms with Crippen LogP contribution in [0, 0.1) is 0 Å². The smallest absolute Gasteiger partial charge is 0.0366 e. The molecule has 1 aliphatic heterocycles. The summed E-state index contributed by atoms with van der Waals surface area (Å²) in [5.74, 6) is 0. The van der Waals surface area contributed by atoms with Crippen LogP contribution in [-0.2, 0) is 6.42 Å². The summed E-state index contributed by atoms with van der Waals surface area (Å²) < 4.78 is 0. The normalized spacial score (nSPS) is 17.3. The van der Waals surface area contributed by atoms with E-state index in [9.17, 15) is 0 Å². The Morgan fingerprint density at radius 3 is 2.33 bits per heavy atom. The van der Waals surface area contributed by atoms with Gasteiger partial charge in [-0.15, -0.1) is 0 Å². The number of nitrogens with zero attached hydrogens (tertiary/aromatic N) is 1. The SMILES string of the molecule is CCCCc1ccc(N2CCCNCCC2)cc1. The molecule has 1 aromatic carbocycles. The maximum absolute atomic E-state index is 3.46. The summed E-state index contributed by atoms with van der Waals surface area (Å²) in [6, 6.07) is 9.23. The molecule has 2 heteroatoms. The van der Waals surface area contributed by atoms with Crippen molar-refractivity contribution in [2.75, 3.05) is 31.1 Å². The van der Waals surface area contributed by atoms with Crippen LogP contribution in [0.4, 0.5) is 5.69 Å². The van der Waals surface area contributed by atoms with Crippen molar-refractivity contribution >= 4 is 5.69 Å². The zero-order chi connectivity index (χ0) is 12.6. The van der Waals surface area contributed by atoms with Crippen LogP contribution in [0.1, 0.15) is 38.2 Å². The van der Waals surface area contributed by atoms with E-state index in [0.717, 1.165) is 13.1 Å². The molecule has 0 aliphatic carbocycles. The topological polar surface area (TPSA) is 15.3 Å². The molecule has 1 aromatic rings. The van der Waals surface area contributed by atoms with Crippen LogP contribution in [0.25, 0.3) is 0 Å². The summed E-state index contributed by atoms with van der Waals surface area (Å²) >= 11 is 0. The lowest BCUT2D eigenvalue weighted by Gasteiger charge is -2.27. The van der Waals surface area contributed by atoms with E-state index < -0.39 is 0 Å². The van der Waals surface area contributed by atoms with Crippen molar-refractivity contribution in [3.8, 4) is 0 Å². The van der Waals surface area contributed by atoms with E-state index in [0.29, 0.717) is 0 Å². The number of aryl methyl sites for hydroxylation is 1. The predicted molar refractivity (Wildman–Crippen MR) is 79.4 cm³/mol. The molecule has 100 valence electrons. The molecule has 0 bridgehead atoms. The van der Waals surface area contributed by atoms with E-state index in [4.69, 9.17) is 0 Å². The minimum atomic E-state index is 1.16. The van der Waals surface area contributed by atoms with Crippen molar-refractivity contribution in [1.82, 2.24) is 5.32 Å². The third-order valence-corrected chi connectivity index (χ3v) is 3.68. The van der Waals surface area contributed by atoms with Gasteiger partial charge in [-0.05, 0) is 56.5 Å². The highest BCUT2D eigenvalue weighted by Crippen LogP contribution is 2.17. The van der Waals surface area contributed by atoms with Gasteiger partial charge < -0.3 is 10.2 Å². The highest BCUT2D eigenvalue weighted by molar-refractivity contribution is 5.47. The summed E-state index contributed by atoms with van der Waals surface area (Å²) in [5, 5.41) is 3.46. The second-order valence-corrected chi connectivity index (χ2v) is 5.21. The Morgan fingerprint density at radius 2 is 1.72 bits per heavy atom. The number of rotatable bonds is 4. The fourth-order valence-electron chi connectivity index (χ4n) is 2.54. The Labute approximate surface area is 111 Å².